The molecule has 0 radical (unpaired) electrons. The van der Waals surface area contributed by atoms with Crippen LogP contribution >= 0.6 is 11.3 Å². The lowest BCUT2D eigenvalue weighted by molar-refractivity contribution is 0.222. The fourth-order valence-electron chi connectivity index (χ4n) is 2.70. The average Bonchev–Trinajstić information content (AvgIpc) is 2.92. The molecule has 1 fully saturated rings. The number of hydrogen-bond acceptors (Lipinski definition) is 3. The summed E-state index contributed by atoms with van der Waals surface area (Å²) in [6, 6.07) is 5.04. The van der Waals surface area contributed by atoms with E-state index in [2.05, 4.69) is 55.7 Å². The van der Waals surface area contributed by atoms with E-state index in [0.717, 1.165) is 19.0 Å². The number of thiophene rings is 1. The van der Waals surface area contributed by atoms with Crippen LogP contribution in [-0.2, 0) is 0 Å². The maximum Gasteiger partial charge on any atom is 0.0443 e. The van der Waals surface area contributed by atoms with Gasteiger partial charge in [-0.15, -0.1) is 11.3 Å². The van der Waals surface area contributed by atoms with Crippen LogP contribution in [0.1, 0.15) is 37.6 Å². The Kier molecular flexibility index (Phi) is 4.46. The highest BCUT2D eigenvalue weighted by atomic mass is 32.1. The molecule has 0 saturated heterocycles. The third-order valence-electron chi connectivity index (χ3n) is 3.49. The van der Waals surface area contributed by atoms with E-state index < -0.39 is 0 Å². The molecule has 1 aliphatic rings. The molecule has 0 aromatic carbocycles. The molecule has 0 bridgehead atoms. The lowest BCUT2D eigenvalue weighted by atomic mass is 9.92. The summed E-state index contributed by atoms with van der Waals surface area (Å²) in [5.41, 5.74) is 0.327. The van der Waals surface area contributed by atoms with Crippen molar-refractivity contribution < 1.29 is 0 Å². The van der Waals surface area contributed by atoms with Crippen molar-refractivity contribution in [2.75, 3.05) is 27.2 Å². The normalized spacial score (nSPS) is 18.3. The zero-order valence-corrected chi connectivity index (χ0v) is 12.9. The summed E-state index contributed by atoms with van der Waals surface area (Å²) in [5, 5.41) is 6.01. The van der Waals surface area contributed by atoms with E-state index in [1.165, 1.54) is 17.7 Å². The van der Waals surface area contributed by atoms with E-state index in [-0.39, 0.29) is 0 Å². The monoisotopic (exact) mass is 266 g/mol. The molecular weight excluding hydrogens is 240 g/mol. The minimum atomic E-state index is 0.327. The molecule has 0 amide bonds. The summed E-state index contributed by atoms with van der Waals surface area (Å²) in [5.74, 6) is 0.874. The first-order valence-electron chi connectivity index (χ1n) is 6.89. The van der Waals surface area contributed by atoms with Crippen molar-refractivity contribution >= 4 is 11.3 Å². The first kappa shape index (κ1) is 14.0. The molecule has 3 heteroatoms. The molecule has 2 rings (SSSR count). The van der Waals surface area contributed by atoms with Gasteiger partial charge >= 0.3 is 0 Å². The van der Waals surface area contributed by atoms with Gasteiger partial charge in [-0.2, -0.15) is 0 Å². The van der Waals surface area contributed by atoms with Gasteiger partial charge in [-0.05, 0) is 49.7 Å². The molecule has 1 saturated carbocycles. The average molecular weight is 266 g/mol. The highest BCUT2D eigenvalue weighted by Crippen LogP contribution is 2.42. The second-order valence-electron chi connectivity index (χ2n) is 6.61. The van der Waals surface area contributed by atoms with Crippen molar-refractivity contribution in [1.29, 1.82) is 0 Å². The summed E-state index contributed by atoms with van der Waals surface area (Å²) in [4.78, 5) is 3.79. The summed E-state index contributed by atoms with van der Waals surface area (Å²) >= 11 is 1.89. The van der Waals surface area contributed by atoms with Crippen LogP contribution in [0.2, 0.25) is 0 Å². The summed E-state index contributed by atoms with van der Waals surface area (Å²) < 4.78 is 0. The maximum absolute atomic E-state index is 3.81. The minimum Gasteiger partial charge on any atom is -0.309 e. The van der Waals surface area contributed by atoms with Crippen LogP contribution in [0, 0.1) is 11.3 Å². The Balaban J connectivity index is 1.90. The maximum atomic E-state index is 3.81. The molecule has 1 aromatic rings. The van der Waals surface area contributed by atoms with Crippen molar-refractivity contribution in [3.05, 3.63) is 22.4 Å². The first-order valence-corrected chi connectivity index (χ1v) is 7.77. The zero-order chi connectivity index (χ0) is 13.2. The Hall–Kier alpha value is -0.380. The lowest BCUT2D eigenvalue weighted by Crippen LogP contribution is -2.39. The predicted molar refractivity (Wildman–Crippen MR) is 80.1 cm³/mol. The molecule has 1 aromatic heterocycles. The van der Waals surface area contributed by atoms with E-state index in [9.17, 15) is 0 Å². The summed E-state index contributed by atoms with van der Waals surface area (Å²) in [6.45, 7) is 6.91. The molecule has 1 unspecified atom stereocenters. The van der Waals surface area contributed by atoms with Gasteiger partial charge < -0.3 is 10.2 Å². The molecule has 0 aliphatic heterocycles. The minimum absolute atomic E-state index is 0.327. The topological polar surface area (TPSA) is 15.3 Å². The number of nitrogens with one attached hydrogen (secondary N) is 1. The molecule has 0 spiro atoms. The number of nitrogens with zero attached hydrogens (tertiary/aromatic N) is 1. The van der Waals surface area contributed by atoms with Gasteiger partial charge in [0.25, 0.3) is 0 Å². The molecule has 1 heterocycles. The Labute approximate surface area is 115 Å². The largest absolute Gasteiger partial charge is 0.309 e. The van der Waals surface area contributed by atoms with E-state index in [1.54, 1.807) is 0 Å². The van der Waals surface area contributed by atoms with Gasteiger partial charge in [0.1, 0.15) is 0 Å². The Morgan fingerprint density at radius 2 is 2.17 bits per heavy atom. The summed E-state index contributed by atoms with van der Waals surface area (Å²) in [6.07, 6.45) is 2.79. The quantitative estimate of drug-likeness (QED) is 0.814. The standard InChI is InChI=1S/C15H26N2S/c1-15(2,11-17(3)4)10-16-14(12-7-8-12)13-6-5-9-18-13/h5-6,9,12,14,16H,7-8,10-11H2,1-4H3. The van der Waals surface area contributed by atoms with Crippen LogP contribution in [0.25, 0.3) is 0 Å². The fourth-order valence-corrected chi connectivity index (χ4v) is 3.59. The lowest BCUT2D eigenvalue weighted by Gasteiger charge is -2.30. The van der Waals surface area contributed by atoms with Crippen LogP contribution in [0.4, 0.5) is 0 Å². The van der Waals surface area contributed by atoms with Gasteiger partial charge in [-0.1, -0.05) is 19.9 Å². The fraction of sp³-hybridized carbons (Fsp3) is 0.733. The number of rotatable bonds is 7. The van der Waals surface area contributed by atoms with Gasteiger partial charge in [0.2, 0.25) is 0 Å². The molecular formula is C15H26N2S. The highest BCUT2D eigenvalue weighted by molar-refractivity contribution is 7.10. The van der Waals surface area contributed by atoms with Gasteiger partial charge in [0, 0.05) is 24.0 Å². The zero-order valence-electron chi connectivity index (χ0n) is 12.1. The van der Waals surface area contributed by atoms with E-state index >= 15 is 0 Å². The van der Waals surface area contributed by atoms with E-state index in [4.69, 9.17) is 0 Å². The van der Waals surface area contributed by atoms with Crippen molar-refractivity contribution in [2.45, 2.75) is 32.7 Å². The molecule has 102 valence electrons. The third-order valence-corrected chi connectivity index (χ3v) is 4.44. The van der Waals surface area contributed by atoms with E-state index in [1.807, 2.05) is 11.3 Å². The molecule has 2 nitrogen and oxygen atoms in total. The van der Waals surface area contributed by atoms with E-state index in [0.29, 0.717) is 11.5 Å². The second-order valence-corrected chi connectivity index (χ2v) is 7.59. The van der Waals surface area contributed by atoms with Crippen molar-refractivity contribution in [3.63, 3.8) is 0 Å². The van der Waals surface area contributed by atoms with Crippen LogP contribution in [0.5, 0.6) is 0 Å². The van der Waals surface area contributed by atoms with Crippen molar-refractivity contribution in [1.82, 2.24) is 10.2 Å². The second kappa shape index (κ2) is 5.72. The molecule has 1 aliphatic carbocycles. The highest BCUT2D eigenvalue weighted by Gasteiger charge is 2.33. The molecule has 1 N–H and O–H groups in total. The predicted octanol–water partition coefficient (Wildman–Crippen LogP) is 3.38. The van der Waals surface area contributed by atoms with Gasteiger partial charge in [-0.3, -0.25) is 0 Å². The van der Waals surface area contributed by atoms with Crippen molar-refractivity contribution in [3.8, 4) is 0 Å². The Bertz CT molecular complexity index is 353. The smallest absolute Gasteiger partial charge is 0.0443 e. The van der Waals surface area contributed by atoms with Crippen molar-refractivity contribution in [2.24, 2.45) is 11.3 Å². The molecule has 18 heavy (non-hydrogen) atoms. The van der Waals surface area contributed by atoms with Gasteiger partial charge in [0.05, 0.1) is 0 Å². The number of hydrogen-bond donors (Lipinski definition) is 1. The Morgan fingerprint density at radius 3 is 2.67 bits per heavy atom. The third kappa shape index (κ3) is 4.08. The summed E-state index contributed by atoms with van der Waals surface area (Å²) in [7, 11) is 4.30. The van der Waals surface area contributed by atoms with Gasteiger partial charge in [0.15, 0.2) is 0 Å². The van der Waals surface area contributed by atoms with Crippen LogP contribution in [0.15, 0.2) is 17.5 Å². The van der Waals surface area contributed by atoms with Crippen LogP contribution in [-0.4, -0.2) is 32.1 Å². The SMILES string of the molecule is CN(C)CC(C)(C)CNC(c1cccs1)C1CC1. The van der Waals surface area contributed by atoms with Crippen LogP contribution in [0.3, 0.4) is 0 Å². The Morgan fingerprint density at radius 1 is 1.44 bits per heavy atom. The van der Waals surface area contributed by atoms with Gasteiger partial charge in [-0.25, -0.2) is 0 Å². The van der Waals surface area contributed by atoms with Crippen LogP contribution < -0.4 is 5.32 Å². The molecule has 1 atom stereocenters. The first-order chi connectivity index (χ1) is 8.48.